The zero-order valence-electron chi connectivity index (χ0n) is 32.8. The first-order chi connectivity index (χ1) is 25.2. The summed E-state index contributed by atoms with van der Waals surface area (Å²) in [6, 6.07) is 5.65. The van der Waals surface area contributed by atoms with Crippen molar-refractivity contribution in [3.63, 3.8) is 0 Å². The fourth-order valence-corrected chi connectivity index (χ4v) is 5.50. The molecule has 0 spiro atoms. The molecule has 3 atom stereocenters. The summed E-state index contributed by atoms with van der Waals surface area (Å²) in [6.07, 6.45) is 12.6. The summed E-state index contributed by atoms with van der Waals surface area (Å²) < 4.78 is 16.0. The molecule has 0 bridgehead atoms. The number of ether oxygens (including phenoxy) is 3. The predicted molar refractivity (Wildman–Crippen MR) is 202 cm³/mol. The van der Waals surface area contributed by atoms with Crippen LogP contribution in [0.5, 0.6) is 5.75 Å². The van der Waals surface area contributed by atoms with Crippen LogP contribution in [-0.2, 0) is 44.7 Å². The highest BCUT2D eigenvalue weighted by Gasteiger charge is 2.51. The minimum absolute atomic E-state index is 0.0142. The Kier molecular flexibility index (Phi) is 22.7. The maximum atomic E-state index is 14.1. The number of benzene rings is 1. The lowest BCUT2D eigenvalue weighted by Gasteiger charge is -2.34. The lowest BCUT2D eigenvalue weighted by molar-refractivity contribution is -0.186. The van der Waals surface area contributed by atoms with Gasteiger partial charge in [0.2, 0.25) is 11.8 Å². The molecule has 296 valence electrons. The molecule has 3 N–H and O–H groups in total. The molecule has 0 aliphatic carbocycles. The highest BCUT2D eigenvalue weighted by Crippen LogP contribution is 2.29. The van der Waals surface area contributed by atoms with E-state index in [4.69, 9.17) is 19.0 Å². The van der Waals surface area contributed by atoms with E-state index in [1.165, 1.54) is 39.6 Å². The lowest BCUT2D eigenvalue weighted by atomic mass is 9.82. The predicted octanol–water partition coefficient (Wildman–Crippen LogP) is 5.87. The Bertz CT molecular complexity index is 1370. The molecule has 0 aliphatic heterocycles. The molecular formula is C41H62N2O10. The summed E-state index contributed by atoms with van der Waals surface area (Å²) in [6.45, 7) is 8.86. The second kappa shape index (κ2) is 25.7. The smallest absolute Gasteiger partial charge is 0.340 e. The van der Waals surface area contributed by atoms with Gasteiger partial charge in [0.05, 0.1) is 26.6 Å². The van der Waals surface area contributed by atoms with Crippen LogP contribution in [-0.4, -0.2) is 72.7 Å². The highest BCUT2D eigenvalue weighted by molar-refractivity contribution is 5.96. The summed E-state index contributed by atoms with van der Waals surface area (Å²) in [7, 11) is 2.37. The second-order valence-electron chi connectivity index (χ2n) is 14.0. The molecule has 0 heterocycles. The number of hydroxylamine groups is 1. The van der Waals surface area contributed by atoms with Crippen molar-refractivity contribution < 1.29 is 48.1 Å². The number of carbonyl (C=O) groups excluding carboxylic acids is 5. The minimum Gasteiger partial charge on any atom is -0.481 e. The van der Waals surface area contributed by atoms with Crippen molar-refractivity contribution in [3.05, 3.63) is 42.0 Å². The maximum Gasteiger partial charge on any atom is 0.340 e. The van der Waals surface area contributed by atoms with Crippen LogP contribution in [0.15, 0.2) is 36.4 Å². The number of hydrogen-bond acceptors (Lipinski definition) is 10. The Morgan fingerprint density at radius 3 is 2.09 bits per heavy atom. The number of nitrogens with one attached hydrogen (secondary N) is 2. The molecular weight excluding hydrogens is 680 g/mol. The first-order valence-corrected chi connectivity index (χ1v) is 18.7. The molecule has 0 aromatic heterocycles. The number of unbranched alkanes of at least 4 members (excludes halogenated alkanes) is 8. The van der Waals surface area contributed by atoms with E-state index in [0.717, 1.165) is 38.5 Å². The number of carbonyl (C=O) groups is 5. The Morgan fingerprint density at radius 1 is 0.906 bits per heavy atom. The summed E-state index contributed by atoms with van der Waals surface area (Å²) in [5.74, 6) is 1.03. The van der Waals surface area contributed by atoms with Gasteiger partial charge < -0.3 is 24.6 Å². The van der Waals surface area contributed by atoms with E-state index < -0.39 is 53.3 Å². The Hall–Kier alpha value is -4.21. The van der Waals surface area contributed by atoms with E-state index in [1.54, 1.807) is 58.0 Å². The Morgan fingerprint density at radius 2 is 1.53 bits per heavy atom. The summed E-state index contributed by atoms with van der Waals surface area (Å²) >= 11 is 0. The number of hydrogen-bond donors (Lipinski definition) is 3. The molecule has 2 amide bonds. The van der Waals surface area contributed by atoms with Gasteiger partial charge in [-0.15, -0.1) is 5.92 Å². The van der Waals surface area contributed by atoms with Crippen molar-refractivity contribution in [1.29, 1.82) is 0 Å². The summed E-state index contributed by atoms with van der Waals surface area (Å²) in [4.78, 5) is 70.2. The third-order valence-electron chi connectivity index (χ3n) is 8.31. The van der Waals surface area contributed by atoms with Crippen LogP contribution in [0.2, 0.25) is 0 Å². The third kappa shape index (κ3) is 19.4. The fourth-order valence-electron chi connectivity index (χ4n) is 5.50. The van der Waals surface area contributed by atoms with Gasteiger partial charge in [-0.25, -0.2) is 15.1 Å². The van der Waals surface area contributed by atoms with E-state index in [9.17, 15) is 29.1 Å². The van der Waals surface area contributed by atoms with Crippen molar-refractivity contribution in [2.45, 2.75) is 142 Å². The van der Waals surface area contributed by atoms with Crippen LogP contribution in [0, 0.1) is 17.8 Å². The molecule has 53 heavy (non-hydrogen) atoms. The van der Waals surface area contributed by atoms with Gasteiger partial charge in [-0.3, -0.25) is 19.2 Å². The molecule has 0 fully saturated rings. The number of allylic oxidation sites excluding steroid dienone is 1. The number of aliphatic hydroxyl groups is 1. The van der Waals surface area contributed by atoms with Crippen LogP contribution in [0.4, 0.5) is 0 Å². The molecule has 0 aliphatic rings. The van der Waals surface area contributed by atoms with E-state index in [0.29, 0.717) is 36.4 Å². The van der Waals surface area contributed by atoms with Gasteiger partial charge >= 0.3 is 11.9 Å². The average Bonchev–Trinajstić information content (AvgIpc) is 3.10. The van der Waals surface area contributed by atoms with Crippen LogP contribution >= 0.6 is 0 Å². The molecule has 1 aromatic carbocycles. The molecule has 12 nitrogen and oxygen atoms in total. The molecule has 12 heteroatoms. The molecule has 0 radical (unpaired) electrons. The van der Waals surface area contributed by atoms with E-state index in [2.05, 4.69) is 29.6 Å². The van der Waals surface area contributed by atoms with Crippen LogP contribution in [0.25, 0.3) is 0 Å². The third-order valence-corrected chi connectivity index (χ3v) is 8.31. The normalized spacial score (nSPS) is 13.5. The van der Waals surface area contributed by atoms with Gasteiger partial charge in [0.1, 0.15) is 29.8 Å². The molecule has 1 rings (SSSR count). The zero-order valence-corrected chi connectivity index (χ0v) is 32.8. The van der Waals surface area contributed by atoms with Gasteiger partial charge in [-0.2, -0.15) is 0 Å². The van der Waals surface area contributed by atoms with E-state index in [1.807, 2.05) is 0 Å². The minimum atomic E-state index is -2.69. The van der Waals surface area contributed by atoms with Gasteiger partial charge in [0, 0.05) is 19.3 Å². The second-order valence-corrected chi connectivity index (χ2v) is 14.0. The number of Topliss-reactive ketones (excluding diaryl/α,β-unsaturated/α-hetero) is 1. The van der Waals surface area contributed by atoms with Crippen LogP contribution in [0.3, 0.4) is 0 Å². The van der Waals surface area contributed by atoms with Crippen LogP contribution in [0.1, 0.15) is 124 Å². The van der Waals surface area contributed by atoms with Crippen molar-refractivity contribution in [2.75, 3.05) is 20.8 Å². The monoisotopic (exact) mass is 742 g/mol. The maximum absolute atomic E-state index is 14.1. The van der Waals surface area contributed by atoms with Crippen molar-refractivity contribution >= 4 is 29.5 Å². The number of ketones is 1. The number of amides is 2. The Labute approximate surface area is 316 Å². The average molecular weight is 743 g/mol. The molecule has 1 aromatic rings. The van der Waals surface area contributed by atoms with Crippen molar-refractivity contribution in [2.24, 2.45) is 5.92 Å². The highest BCUT2D eigenvalue weighted by atomic mass is 16.6. The molecule has 0 saturated heterocycles. The van der Waals surface area contributed by atoms with E-state index in [-0.39, 0.29) is 13.0 Å². The van der Waals surface area contributed by atoms with E-state index >= 15 is 0 Å². The van der Waals surface area contributed by atoms with Crippen molar-refractivity contribution in [3.8, 4) is 17.6 Å². The largest absolute Gasteiger partial charge is 0.481 e. The summed E-state index contributed by atoms with van der Waals surface area (Å²) in [5, 5.41) is 14.6. The summed E-state index contributed by atoms with van der Waals surface area (Å²) in [5.41, 5.74) is -1.02. The topological polar surface area (TPSA) is 167 Å². The van der Waals surface area contributed by atoms with Gasteiger partial charge in [-0.05, 0) is 71.1 Å². The van der Waals surface area contributed by atoms with Gasteiger partial charge in [-0.1, -0.05) is 75.7 Å². The number of esters is 2. The molecule has 0 unspecified atom stereocenters. The zero-order chi connectivity index (χ0) is 39.7. The lowest BCUT2D eigenvalue weighted by Crippen LogP contribution is -2.57. The van der Waals surface area contributed by atoms with Crippen molar-refractivity contribution in [1.82, 2.24) is 10.8 Å². The van der Waals surface area contributed by atoms with Gasteiger partial charge in [0.25, 0.3) is 0 Å². The Balaban J connectivity index is 3.19. The molecule has 0 saturated carbocycles. The first kappa shape index (κ1) is 46.8. The number of rotatable bonds is 26. The standard InChI is InChI=1S/C41H62N2O10/c1-8-10-12-15-18-21-32(44)22-19-16-13-14-17-20-23-34(41(49,30-36(45)43-51-7)39(48)53-40(3,4)5)37(46)42-35(38(47)50-6)29-31-24-26-33(27-25-31)52-28-11-9-2/h20,23-27,34-35,49H,8,10,12-19,21-22,28-30H2,1-7H3,(H,42,46)(H,43,45)/t34-,35+,41+/m1/s1. The quantitative estimate of drug-likeness (QED) is 0.0344. The SMILES string of the molecule is CC#CCOc1ccc(C[C@H](NC(=O)[C@@H](C=CCCCCCCC(=O)CCCCCCC)[C@@](O)(CC(=O)NOC)C(=O)OC(C)(C)C)C(=O)OC)cc1. The fraction of sp³-hybridized carbons (Fsp3) is 0.634. The number of methoxy groups -OCH3 is 1. The van der Waals surface area contributed by atoms with Crippen LogP contribution < -0.4 is 15.5 Å². The first-order valence-electron chi connectivity index (χ1n) is 18.7. The van der Waals surface area contributed by atoms with Gasteiger partial charge in [0.15, 0.2) is 5.60 Å².